The lowest BCUT2D eigenvalue weighted by Crippen LogP contribution is -2.47. The highest BCUT2D eigenvalue weighted by Crippen LogP contribution is 2.17. The van der Waals surface area contributed by atoms with Gasteiger partial charge >= 0.3 is 0 Å². The van der Waals surface area contributed by atoms with Crippen molar-refractivity contribution in [3.05, 3.63) is 77.3 Å². The number of nitrogens with zero attached hydrogens (tertiary/aromatic N) is 4. The topological polar surface area (TPSA) is 163 Å². The van der Waals surface area contributed by atoms with Crippen LogP contribution in [-0.2, 0) is 20.9 Å². The minimum atomic E-state index is -0.769. The highest BCUT2D eigenvalue weighted by molar-refractivity contribution is 6.12. The average Bonchev–Trinajstić information content (AvgIpc) is 2.90. The minimum absolute atomic E-state index is 0.0334. The van der Waals surface area contributed by atoms with E-state index in [2.05, 4.69) is 25.3 Å². The minimum Gasteiger partial charge on any atom is -0.404 e. The molecule has 4 N–H and O–H groups in total. The Morgan fingerprint density at radius 1 is 1.31 bits per heavy atom. The van der Waals surface area contributed by atoms with E-state index in [0.29, 0.717) is 5.56 Å². The molecule has 0 radical (unpaired) electrons. The van der Waals surface area contributed by atoms with Crippen molar-refractivity contribution in [2.45, 2.75) is 12.8 Å². The number of benzene rings is 1. The molecular formula is C25H27N7O4. The highest BCUT2D eigenvalue weighted by Gasteiger charge is 2.23. The molecule has 186 valence electrons. The van der Waals surface area contributed by atoms with E-state index in [1.807, 2.05) is 24.3 Å². The number of nitrogens with two attached hydrogens (primary N) is 1. The Hall–Kier alpha value is -4.82. The maximum Gasteiger partial charge on any atom is 0.266 e. The molecule has 0 spiro atoms. The zero-order valence-electron chi connectivity index (χ0n) is 20.1. The van der Waals surface area contributed by atoms with Gasteiger partial charge in [-0.2, -0.15) is 5.26 Å². The van der Waals surface area contributed by atoms with E-state index >= 15 is 0 Å². The van der Waals surface area contributed by atoms with Crippen LogP contribution in [0.1, 0.15) is 15.9 Å². The molecule has 2 amide bonds. The molecular weight excluding hydrogens is 462 g/mol. The third-order valence-corrected chi connectivity index (χ3v) is 4.76. The lowest BCUT2D eigenvalue weighted by molar-refractivity contribution is -0.119. The fraction of sp³-hybridized carbons (Fsp3) is 0.200. The molecule has 2 heterocycles. The van der Waals surface area contributed by atoms with Gasteiger partial charge in [0.1, 0.15) is 17.9 Å². The van der Waals surface area contributed by atoms with E-state index in [1.54, 1.807) is 45.7 Å². The number of carbonyl (C=O) groups excluding carboxylic acids is 3. The quantitative estimate of drug-likeness (QED) is 0.296. The smallest absolute Gasteiger partial charge is 0.266 e. The first-order valence-electron chi connectivity index (χ1n) is 10.7. The number of pyridine rings is 1. The van der Waals surface area contributed by atoms with Crippen LogP contribution in [0.4, 0.5) is 0 Å². The van der Waals surface area contributed by atoms with Gasteiger partial charge in [0.05, 0.1) is 11.3 Å². The van der Waals surface area contributed by atoms with Gasteiger partial charge in [0.25, 0.3) is 11.8 Å². The average molecular weight is 490 g/mol. The Kier molecular flexibility index (Phi) is 10.5. The van der Waals surface area contributed by atoms with Crippen molar-refractivity contribution >= 4 is 24.3 Å². The van der Waals surface area contributed by atoms with Crippen LogP contribution in [0.25, 0.3) is 11.3 Å². The fourth-order valence-electron chi connectivity index (χ4n) is 2.90. The maximum absolute atomic E-state index is 12.5. The number of aliphatic imine (C=N–C) groups is 1. The molecule has 1 atom stereocenters. The summed E-state index contributed by atoms with van der Waals surface area (Å²) < 4.78 is 4.25. The molecule has 1 aliphatic heterocycles. The van der Waals surface area contributed by atoms with Crippen molar-refractivity contribution in [1.29, 1.82) is 5.26 Å². The van der Waals surface area contributed by atoms with Crippen molar-refractivity contribution in [2.24, 2.45) is 10.7 Å². The van der Waals surface area contributed by atoms with Crippen molar-refractivity contribution < 1.29 is 19.1 Å². The number of nitrogens with one attached hydrogen (secondary N) is 2. The van der Waals surface area contributed by atoms with Crippen molar-refractivity contribution in [1.82, 2.24) is 20.5 Å². The van der Waals surface area contributed by atoms with Crippen LogP contribution in [0.15, 0.2) is 71.1 Å². The largest absolute Gasteiger partial charge is 0.404 e. The predicted molar refractivity (Wildman–Crippen MR) is 134 cm³/mol. The third-order valence-electron chi connectivity index (χ3n) is 4.76. The molecule has 0 bridgehead atoms. The second-order valence-electron chi connectivity index (χ2n) is 7.45. The number of aldehydes is 1. The van der Waals surface area contributed by atoms with Crippen LogP contribution in [0, 0.1) is 11.3 Å². The number of carbonyl (C=O) groups is 3. The molecule has 36 heavy (non-hydrogen) atoms. The highest BCUT2D eigenvalue weighted by atomic mass is 16.4. The van der Waals surface area contributed by atoms with Crippen LogP contribution in [0.3, 0.4) is 0 Å². The number of ether oxygens (including phenoxy) is 1. The Bertz CT molecular complexity index is 1200. The zero-order chi connectivity index (χ0) is 26.5. The number of methoxy groups -OCH3 is 1. The summed E-state index contributed by atoms with van der Waals surface area (Å²) in [6, 6.07) is 12.5. The Morgan fingerprint density at radius 2 is 2.00 bits per heavy atom. The molecule has 11 heteroatoms. The van der Waals surface area contributed by atoms with Gasteiger partial charge in [-0.15, -0.1) is 0 Å². The first-order valence-corrected chi connectivity index (χ1v) is 10.7. The summed E-state index contributed by atoms with van der Waals surface area (Å²) in [7, 11) is 4.89. The second-order valence-corrected chi connectivity index (χ2v) is 7.45. The van der Waals surface area contributed by atoms with Crippen LogP contribution in [-0.4, -0.2) is 61.8 Å². The van der Waals surface area contributed by atoms with Crippen LogP contribution >= 0.6 is 0 Å². The number of hydrogen-bond acceptors (Lipinski definition) is 9. The lowest BCUT2D eigenvalue weighted by atomic mass is 10.1. The molecule has 0 saturated carbocycles. The van der Waals surface area contributed by atoms with E-state index < -0.39 is 18.1 Å². The van der Waals surface area contributed by atoms with Gasteiger partial charge in [-0.3, -0.25) is 19.4 Å². The summed E-state index contributed by atoms with van der Waals surface area (Å²) in [4.78, 5) is 45.1. The van der Waals surface area contributed by atoms with Gasteiger partial charge in [-0.05, 0) is 11.6 Å². The lowest BCUT2D eigenvalue weighted by Gasteiger charge is -2.28. The molecule has 3 rings (SSSR count). The molecule has 1 aromatic carbocycles. The number of aromatic nitrogens is 1. The van der Waals surface area contributed by atoms with Gasteiger partial charge in [-0.25, -0.2) is 4.99 Å². The van der Waals surface area contributed by atoms with Crippen LogP contribution in [0.5, 0.6) is 0 Å². The Balaban J connectivity index is 0.00000145. The molecule has 1 aliphatic rings. The van der Waals surface area contributed by atoms with E-state index in [4.69, 9.17) is 11.0 Å². The first-order chi connectivity index (χ1) is 17.4. The van der Waals surface area contributed by atoms with Crippen LogP contribution in [0.2, 0.25) is 0 Å². The van der Waals surface area contributed by atoms with Crippen molar-refractivity contribution in [3.8, 4) is 17.3 Å². The monoisotopic (exact) mass is 489 g/mol. The summed E-state index contributed by atoms with van der Waals surface area (Å²) in [6.07, 6.45) is 5.41. The van der Waals surface area contributed by atoms with Gasteiger partial charge in [0, 0.05) is 63.8 Å². The molecule has 1 aromatic heterocycles. The number of nitriles is 1. The summed E-state index contributed by atoms with van der Waals surface area (Å²) in [6.45, 7) is 0.218. The van der Waals surface area contributed by atoms with Gasteiger partial charge in [-0.1, -0.05) is 30.3 Å². The summed E-state index contributed by atoms with van der Waals surface area (Å²) in [5.41, 5.74) is 8.61. The van der Waals surface area contributed by atoms with Gasteiger partial charge in [0.15, 0.2) is 6.29 Å². The van der Waals surface area contributed by atoms with Crippen molar-refractivity contribution in [2.75, 3.05) is 21.3 Å². The molecule has 2 aromatic rings. The normalized spacial score (nSPS) is 15.2. The van der Waals surface area contributed by atoms with E-state index in [9.17, 15) is 14.4 Å². The molecule has 0 aliphatic carbocycles. The molecule has 1 unspecified atom stereocenters. The van der Waals surface area contributed by atoms with Crippen molar-refractivity contribution in [3.63, 3.8) is 0 Å². The predicted octanol–water partition coefficient (Wildman–Crippen LogP) is 1.11. The zero-order valence-corrected chi connectivity index (χ0v) is 20.1. The van der Waals surface area contributed by atoms with E-state index in [1.165, 1.54) is 17.3 Å². The summed E-state index contributed by atoms with van der Waals surface area (Å²) in [5.74, 6) is -0.996. The summed E-state index contributed by atoms with van der Waals surface area (Å²) in [5, 5.41) is 14.2. The SMILES string of the molecule is CN1C=C(C#N)C(=O)NC1/N=C/C(=C\N)C(=O)NCc1ccc(-c2ccc(C=O)cc2)nc1.COC. The number of rotatable bonds is 7. The molecule has 11 nitrogen and oxygen atoms in total. The third kappa shape index (κ3) is 7.61. The fourth-order valence-corrected chi connectivity index (χ4v) is 2.90. The Morgan fingerprint density at radius 3 is 2.56 bits per heavy atom. The van der Waals surface area contributed by atoms with Crippen LogP contribution < -0.4 is 16.4 Å². The van der Waals surface area contributed by atoms with E-state index in [-0.39, 0.29) is 17.7 Å². The molecule has 0 saturated heterocycles. The number of hydrogen-bond donors (Lipinski definition) is 3. The van der Waals surface area contributed by atoms with Gasteiger partial charge in [0.2, 0.25) is 0 Å². The first kappa shape index (κ1) is 27.4. The second kappa shape index (κ2) is 13.8. The standard InChI is InChI=1S/C23H21N7O3.C2H6O/c1-30-13-19(9-25)22(33)29-23(30)28-12-18(8-24)21(32)27-11-16-4-7-20(26-10-16)17-5-2-15(14-31)3-6-17;1-3-2/h2-8,10,12-14,23H,11,24H2,1H3,(H,27,32)(H,29,33);1-2H3/b18-8+,28-12+;. The molecule has 0 fully saturated rings. The summed E-state index contributed by atoms with van der Waals surface area (Å²) >= 11 is 0. The number of amides is 2. The Labute approximate surface area is 209 Å². The van der Waals surface area contributed by atoms with E-state index in [0.717, 1.165) is 29.3 Å². The van der Waals surface area contributed by atoms with Gasteiger partial charge < -0.3 is 26.0 Å². The maximum atomic E-state index is 12.5.